The topological polar surface area (TPSA) is 92.5 Å². The number of rotatable bonds is 6. The van der Waals surface area contributed by atoms with Crippen molar-refractivity contribution in [1.29, 1.82) is 0 Å². The van der Waals surface area contributed by atoms with E-state index < -0.39 is 16.9 Å². The molecule has 6 heteroatoms. The Labute approximate surface area is 121 Å². The normalized spacial score (nSPS) is 11.8. The van der Waals surface area contributed by atoms with Gasteiger partial charge in [0, 0.05) is 18.2 Å². The van der Waals surface area contributed by atoms with Crippen molar-refractivity contribution in [3.05, 3.63) is 75.8 Å². The number of carbonyl (C=O) groups is 1. The number of hydrogen-bond donors (Lipinski definition) is 2. The summed E-state index contributed by atoms with van der Waals surface area (Å²) in [6.07, 6.45) is 0. The van der Waals surface area contributed by atoms with E-state index in [1.165, 1.54) is 6.07 Å². The van der Waals surface area contributed by atoms with E-state index in [4.69, 9.17) is 0 Å². The Morgan fingerprint density at radius 1 is 1.14 bits per heavy atom. The smallest absolute Gasteiger partial charge is 0.325 e. The fraction of sp³-hybridized carbons (Fsp3) is 0.133. The summed E-state index contributed by atoms with van der Waals surface area (Å²) in [6, 6.07) is 14.0. The molecule has 0 saturated carbocycles. The maximum absolute atomic E-state index is 11.3. The minimum Gasteiger partial charge on any atom is -0.480 e. The van der Waals surface area contributed by atoms with Crippen LogP contribution in [0.15, 0.2) is 54.6 Å². The third-order valence-corrected chi connectivity index (χ3v) is 3.06. The lowest BCUT2D eigenvalue weighted by atomic mass is 10.1. The molecule has 0 radical (unpaired) electrons. The second-order valence-corrected chi connectivity index (χ2v) is 4.45. The van der Waals surface area contributed by atoms with E-state index in [1.807, 2.05) is 0 Å². The van der Waals surface area contributed by atoms with Crippen molar-refractivity contribution in [2.24, 2.45) is 0 Å². The monoisotopic (exact) mass is 286 g/mol. The van der Waals surface area contributed by atoms with Gasteiger partial charge in [-0.25, -0.2) is 0 Å². The summed E-state index contributed by atoms with van der Waals surface area (Å²) in [5, 5.41) is 23.1. The third kappa shape index (κ3) is 3.64. The zero-order valence-corrected chi connectivity index (χ0v) is 11.1. The average molecular weight is 286 g/mol. The van der Waals surface area contributed by atoms with Crippen LogP contribution in [0.25, 0.3) is 0 Å². The van der Waals surface area contributed by atoms with Crippen molar-refractivity contribution in [3.63, 3.8) is 0 Å². The van der Waals surface area contributed by atoms with Gasteiger partial charge in [-0.1, -0.05) is 48.5 Å². The van der Waals surface area contributed by atoms with Crippen molar-refractivity contribution in [2.45, 2.75) is 12.6 Å². The molecule has 2 aromatic rings. The summed E-state index contributed by atoms with van der Waals surface area (Å²) < 4.78 is 0. The minimum absolute atomic E-state index is 0.0257. The lowest BCUT2D eigenvalue weighted by molar-refractivity contribution is -0.385. The number of hydrogen-bond acceptors (Lipinski definition) is 4. The van der Waals surface area contributed by atoms with Crippen LogP contribution in [-0.4, -0.2) is 16.0 Å². The molecule has 1 atom stereocenters. The molecular weight excluding hydrogens is 272 g/mol. The number of benzene rings is 2. The van der Waals surface area contributed by atoms with Crippen molar-refractivity contribution >= 4 is 11.7 Å². The summed E-state index contributed by atoms with van der Waals surface area (Å²) in [7, 11) is 0. The number of carboxylic acid groups (broad SMARTS) is 1. The summed E-state index contributed by atoms with van der Waals surface area (Å²) in [5.74, 6) is -1.03. The number of nitrogens with one attached hydrogen (secondary N) is 1. The molecule has 0 spiro atoms. The van der Waals surface area contributed by atoms with Crippen LogP contribution in [0.2, 0.25) is 0 Å². The maximum atomic E-state index is 11.3. The number of nitrogens with zero attached hydrogens (tertiary/aromatic N) is 1. The minimum atomic E-state index is -1.03. The fourth-order valence-corrected chi connectivity index (χ4v) is 2.04. The Morgan fingerprint density at radius 3 is 2.38 bits per heavy atom. The first-order valence-corrected chi connectivity index (χ1v) is 6.33. The standard InChI is InChI=1S/C15H14N2O4/c18-15(19)14(11-6-2-1-3-7-11)16-10-12-8-4-5-9-13(12)17(20)21/h1-9,14,16H,10H2,(H,18,19). The van der Waals surface area contributed by atoms with Gasteiger partial charge in [0.2, 0.25) is 0 Å². The summed E-state index contributed by atoms with van der Waals surface area (Å²) in [5.41, 5.74) is 1.02. The molecule has 2 rings (SSSR count). The van der Waals surface area contributed by atoms with Crippen LogP contribution in [0.4, 0.5) is 5.69 Å². The molecule has 0 aromatic heterocycles. The second kappa shape index (κ2) is 6.62. The number of carboxylic acids is 1. The summed E-state index contributed by atoms with van der Waals surface area (Å²) >= 11 is 0. The number of nitro groups is 1. The van der Waals surface area contributed by atoms with Gasteiger partial charge in [0.25, 0.3) is 5.69 Å². The molecule has 1 unspecified atom stereocenters. The molecule has 6 nitrogen and oxygen atoms in total. The molecule has 0 aliphatic carbocycles. The van der Waals surface area contributed by atoms with E-state index in [9.17, 15) is 20.0 Å². The number of para-hydroxylation sites is 1. The Hall–Kier alpha value is -2.73. The molecule has 21 heavy (non-hydrogen) atoms. The highest BCUT2D eigenvalue weighted by Gasteiger charge is 2.20. The molecule has 0 fully saturated rings. The second-order valence-electron chi connectivity index (χ2n) is 4.45. The van der Waals surface area contributed by atoms with Crippen LogP contribution in [0, 0.1) is 10.1 Å². The molecule has 108 valence electrons. The Bertz CT molecular complexity index is 643. The van der Waals surface area contributed by atoms with Gasteiger partial charge in [-0.05, 0) is 5.56 Å². The first-order chi connectivity index (χ1) is 10.1. The van der Waals surface area contributed by atoms with Crippen LogP contribution < -0.4 is 5.32 Å². The Morgan fingerprint density at radius 2 is 1.76 bits per heavy atom. The molecule has 0 bridgehead atoms. The van der Waals surface area contributed by atoms with Crippen LogP contribution in [0.5, 0.6) is 0 Å². The van der Waals surface area contributed by atoms with Crippen molar-refractivity contribution in [2.75, 3.05) is 0 Å². The van der Waals surface area contributed by atoms with E-state index in [2.05, 4.69) is 5.32 Å². The van der Waals surface area contributed by atoms with E-state index >= 15 is 0 Å². The molecule has 0 aliphatic rings. The molecule has 2 aromatic carbocycles. The Kier molecular flexibility index (Phi) is 4.63. The zero-order valence-electron chi connectivity index (χ0n) is 11.1. The molecule has 0 aliphatic heterocycles. The summed E-state index contributed by atoms with van der Waals surface area (Å²) in [4.78, 5) is 21.8. The van der Waals surface area contributed by atoms with E-state index in [1.54, 1.807) is 48.5 Å². The maximum Gasteiger partial charge on any atom is 0.325 e. The van der Waals surface area contributed by atoms with Gasteiger partial charge in [-0.15, -0.1) is 0 Å². The van der Waals surface area contributed by atoms with Crippen molar-refractivity contribution < 1.29 is 14.8 Å². The third-order valence-electron chi connectivity index (χ3n) is 3.06. The highest BCUT2D eigenvalue weighted by Crippen LogP contribution is 2.19. The highest BCUT2D eigenvalue weighted by atomic mass is 16.6. The van der Waals surface area contributed by atoms with E-state index in [0.29, 0.717) is 11.1 Å². The fourth-order valence-electron chi connectivity index (χ4n) is 2.04. The number of nitro benzene ring substituents is 1. The van der Waals surface area contributed by atoms with Gasteiger partial charge < -0.3 is 5.11 Å². The van der Waals surface area contributed by atoms with Gasteiger partial charge in [0.15, 0.2) is 0 Å². The number of aliphatic carboxylic acids is 1. The van der Waals surface area contributed by atoms with Gasteiger partial charge in [-0.2, -0.15) is 0 Å². The van der Waals surface area contributed by atoms with E-state index in [0.717, 1.165) is 0 Å². The van der Waals surface area contributed by atoms with Crippen molar-refractivity contribution in [3.8, 4) is 0 Å². The molecule has 0 heterocycles. The lowest BCUT2D eigenvalue weighted by Crippen LogP contribution is -2.28. The quantitative estimate of drug-likeness (QED) is 0.628. The first kappa shape index (κ1) is 14.7. The van der Waals surface area contributed by atoms with Crippen LogP contribution in [0.3, 0.4) is 0 Å². The van der Waals surface area contributed by atoms with Gasteiger partial charge in [0.05, 0.1) is 4.92 Å². The zero-order chi connectivity index (χ0) is 15.2. The predicted octanol–water partition coefficient (Wildman–Crippen LogP) is 2.51. The summed E-state index contributed by atoms with van der Waals surface area (Å²) in [6.45, 7) is 0.100. The van der Waals surface area contributed by atoms with E-state index in [-0.39, 0.29) is 12.2 Å². The SMILES string of the molecule is O=C(O)C(NCc1ccccc1[N+](=O)[O-])c1ccccc1. The molecule has 0 amide bonds. The largest absolute Gasteiger partial charge is 0.480 e. The molecule has 2 N–H and O–H groups in total. The first-order valence-electron chi connectivity index (χ1n) is 6.33. The van der Waals surface area contributed by atoms with Gasteiger partial charge in [-0.3, -0.25) is 20.2 Å². The highest BCUT2D eigenvalue weighted by molar-refractivity contribution is 5.75. The lowest BCUT2D eigenvalue weighted by Gasteiger charge is -2.14. The van der Waals surface area contributed by atoms with Crippen LogP contribution >= 0.6 is 0 Å². The average Bonchev–Trinajstić information content (AvgIpc) is 2.48. The van der Waals surface area contributed by atoms with Crippen LogP contribution in [-0.2, 0) is 11.3 Å². The van der Waals surface area contributed by atoms with Gasteiger partial charge >= 0.3 is 5.97 Å². The predicted molar refractivity (Wildman–Crippen MR) is 76.8 cm³/mol. The van der Waals surface area contributed by atoms with Crippen LogP contribution in [0.1, 0.15) is 17.2 Å². The van der Waals surface area contributed by atoms with Gasteiger partial charge in [0.1, 0.15) is 6.04 Å². The Balaban J connectivity index is 2.17. The molecular formula is C15H14N2O4. The molecule has 0 saturated heterocycles. The van der Waals surface area contributed by atoms with Crippen molar-refractivity contribution in [1.82, 2.24) is 5.32 Å².